The molecule has 0 fully saturated rings. The van der Waals surface area contributed by atoms with Crippen LogP contribution in [-0.4, -0.2) is 78.9 Å². The average molecular weight is 661 g/mol. The normalized spacial score (nSPS) is 12.8. The zero-order chi connectivity index (χ0) is 34.6. The summed E-state index contributed by atoms with van der Waals surface area (Å²) in [6.07, 6.45) is 8.49. The van der Waals surface area contributed by atoms with E-state index in [1.54, 1.807) is 0 Å². The van der Waals surface area contributed by atoms with E-state index < -0.39 is 0 Å². The average Bonchev–Trinajstić information content (AvgIpc) is 3.08. The summed E-state index contributed by atoms with van der Waals surface area (Å²) >= 11 is 0. The molecule has 0 unspecified atom stereocenters. The van der Waals surface area contributed by atoms with Crippen molar-refractivity contribution in [1.29, 1.82) is 0 Å². The molecule has 0 radical (unpaired) electrons. The second kappa shape index (κ2) is 31.7. The molecule has 21 heteroatoms. The summed E-state index contributed by atoms with van der Waals surface area (Å²) in [4.78, 5) is 17.0. The van der Waals surface area contributed by atoms with E-state index in [0.29, 0.717) is 117 Å². The molecule has 0 atom stereocenters. The molecule has 0 aliphatic heterocycles. The van der Waals surface area contributed by atoms with Crippen LogP contribution >= 0.6 is 0 Å². The monoisotopic (exact) mass is 660 g/mol. The molecule has 0 saturated heterocycles. The lowest BCUT2D eigenvalue weighted by molar-refractivity contribution is -0.0319. The van der Waals surface area contributed by atoms with Gasteiger partial charge in [-0.2, -0.15) is 0 Å². The van der Waals surface area contributed by atoms with E-state index in [-0.39, 0.29) is 10.8 Å². The van der Waals surface area contributed by atoms with Crippen LogP contribution in [0.25, 0.3) is 62.7 Å². The molecule has 260 valence electrons. The molecule has 0 saturated carbocycles. The fourth-order valence-electron chi connectivity index (χ4n) is 5.52. The maximum atomic E-state index is 8.65. The Kier molecular flexibility index (Phi) is 28.8. The lowest BCUT2D eigenvalue weighted by Crippen LogP contribution is -2.30. The van der Waals surface area contributed by atoms with Gasteiger partial charge in [0.2, 0.25) is 0 Å². The number of rotatable bonds is 34. The van der Waals surface area contributed by atoms with E-state index in [9.17, 15) is 0 Å². The van der Waals surface area contributed by atoms with Crippen LogP contribution in [0.3, 0.4) is 0 Å². The van der Waals surface area contributed by atoms with E-state index in [1.807, 2.05) is 0 Å². The van der Waals surface area contributed by atoms with Gasteiger partial charge in [-0.15, -0.1) is 0 Å². The third kappa shape index (κ3) is 24.6. The van der Waals surface area contributed by atoms with E-state index in [0.717, 1.165) is 38.5 Å². The van der Waals surface area contributed by atoms with Crippen LogP contribution in [0.15, 0.2) is 30.7 Å². The Bertz CT molecular complexity index is 910. The summed E-state index contributed by atoms with van der Waals surface area (Å²) in [7, 11) is 0. The van der Waals surface area contributed by atoms with Gasteiger partial charge in [0.15, 0.2) is 0 Å². The Morgan fingerprint density at radius 1 is 0.340 bits per heavy atom. The molecule has 0 bridgehead atoms. The van der Waals surface area contributed by atoms with Gasteiger partial charge < -0.3 is 14.2 Å². The van der Waals surface area contributed by atoms with Gasteiger partial charge in [0, 0.05) is 68.7 Å². The smallest absolute Gasteiger partial charge is 0.0701 e. The Balaban J connectivity index is 5.05. The molecule has 0 aromatic carbocycles. The topological polar surface area (TPSA) is 320 Å². The van der Waals surface area contributed by atoms with Crippen molar-refractivity contribution in [1.82, 2.24) is 0 Å². The van der Waals surface area contributed by atoms with Crippen molar-refractivity contribution in [3.63, 3.8) is 0 Å². The number of nitrogens with zero attached hydrogens (tertiary/aromatic N) is 18. The minimum Gasteiger partial charge on any atom is -0.378 e. The molecule has 0 amide bonds. The van der Waals surface area contributed by atoms with Gasteiger partial charge in [0.1, 0.15) is 0 Å². The van der Waals surface area contributed by atoms with Crippen LogP contribution in [0.4, 0.5) is 0 Å². The number of azide groups is 6. The number of hydrogen-bond donors (Lipinski definition) is 0. The van der Waals surface area contributed by atoms with Crippen LogP contribution in [-0.2, 0) is 14.2 Å². The molecule has 0 aliphatic carbocycles. The second-order valence-electron chi connectivity index (χ2n) is 11.1. The minimum absolute atomic E-state index is 0.261. The first-order valence-corrected chi connectivity index (χ1v) is 15.9. The molecule has 0 aromatic heterocycles. The van der Waals surface area contributed by atoms with Crippen LogP contribution in [0.5, 0.6) is 0 Å². The van der Waals surface area contributed by atoms with E-state index in [1.165, 1.54) is 0 Å². The standard InChI is InChI=1S/C26H48N18O3/c27-39-33-13-1-7-25(8-2-14-34-40-28,9-3-15-35-41-29)23-46-21-19-45-20-22-47-24-26(10-4-16-36-42-30,11-5-17-37-43-31)12-6-18-38-44-32/h1-24H2. The zero-order valence-electron chi connectivity index (χ0n) is 27.2. The SMILES string of the molecule is [N-]=[N+]=NCCCC(CCCN=[N+]=[N-])(CCCN=[N+]=[N-])COCCOCCOCC(CCCN=[N+]=[N-])(CCCN=[N+]=[N-])CCCN=[N+]=[N-]. The third-order valence-corrected chi connectivity index (χ3v) is 7.73. The van der Waals surface area contributed by atoms with Crippen molar-refractivity contribution >= 4 is 0 Å². The summed E-state index contributed by atoms with van der Waals surface area (Å²) < 4.78 is 17.8. The first-order valence-electron chi connectivity index (χ1n) is 15.9. The Morgan fingerprint density at radius 2 is 0.553 bits per heavy atom. The summed E-state index contributed by atoms with van der Waals surface area (Å²) in [5.74, 6) is 0. The fraction of sp³-hybridized carbons (Fsp3) is 1.00. The molecule has 21 nitrogen and oxygen atoms in total. The predicted octanol–water partition coefficient (Wildman–Crippen LogP) is 9.55. The maximum Gasteiger partial charge on any atom is 0.0701 e. The molecular weight excluding hydrogens is 612 g/mol. The Morgan fingerprint density at radius 3 is 0.766 bits per heavy atom. The number of hydrogen-bond acceptors (Lipinski definition) is 9. The van der Waals surface area contributed by atoms with Gasteiger partial charge in [0.05, 0.1) is 39.6 Å². The minimum atomic E-state index is -0.261. The van der Waals surface area contributed by atoms with Crippen molar-refractivity contribution in [2.24, 2.45) is 41.5 Å². The first kappa shape index (κ1) is 42.7. The van der Waals surface area contributed by atoms with Crippen LogP contribution in [0.2, 0.25) is 0 Å². The Hall–Kier alpha value is -4.26. The van der Waals surface area contributed by atoms with Gasteiger partial charge in [-0.05, 0) is 121 Å². The van der Waals surface area contributed by atoms with Crippen LogP contribution in [0.1, 0.15) is 77.0 Å². The van der Waals surface area contributed by atoms with Crippen molar-refractivity contribution in [3.05, 3.63) is 62.7 Å². The molecule has 0 rings (SSSR count). The molecule has 0 aliphatic rings. The van der Waals surface area contributed by atoms with E-state index >= 15 is 0 Å². The predicted molar refractivity (Wildman–Crippen MR) is 177 cm³/mol. The molecule has 0 N–H and O–H groups in total. The highest BCUT2D eigenvalue weighted by atomic mass is 16.5. The summed E-state index contributed by atoms with van der Waals surface area (Å²) in [6, 6.07) is 0. The van der Waals surface area contributed by atoms with Gasteiger partial charge in [-0.3, -0.25) is 0 Å². The highest BCUT2D eigenvalue weighted by molar-refractivity contribution is 4.82. The number of ether oxygens (including phenoxy) is 3. The van der Waals surface area contributed by atoms with Gasteiger partial charge in [0.25, 0.3) is 0 Å². The van der Waals surface area contributed by atoms with E-state index in [4.69, 9.17) is 47.4 Å². The molecule has 0 heterocycles. The first-order chi connectivity index (χ1) is 23.1. The lowest BCUT2D eigenvalue weighted by Gasteiger charge is -2.34. The quantitative estimate of drug-likeness (QED) is 0.0281. The van der Waals surface area contributed by atoms with Crippen LogP contribution in [0, 0.1) is 10.8 Å². The lowest BCUT2D eigenvalue weighted by atomic mass is 9.76. The molecule has 0 aromatic rings. The summed E-state index contributed by atoms with van der Waals surface area (Å²) in [5, 5.41) is 21.9. The van der Waals surface area contributed by atoms with Gasteiger partial charge in [-0.25, -0.2) is 0 Å². The fourth-order valence-corrected chi connectivity index (χ4v) is 5.52. The second-order valence-corrected chi connectivity index (χ2v) is 11.1. The van der Waals surface area contributed by atoms with E-state index in [2.05, 4.69) is 60.2 Å². The van der Waals surface area contributed by atoms with Crippen molar-refractivity contribution in [2.75, 3.05) is 78.9 Å². The molecular formula is C26H48N18O3. The van der Waals surface area contributed by atoms with Gasteiger partial charge in [-0.1, -0.05) is 30.7 Å². The molecule has 47 heavy (non-hydrogen) atoms. The highest BCUT2D eigenvalue weighted by Gasteiger charge is 2.30. The molecule has 0 spiro atoms. The maximum absolute atomic E-state index is 8.65. The van der Waals surface area contributed by atoms with Crippen LogP contribution < -0.4 is 0 Å². The van der Waals surface area contributed by atoms with Crippen molar-refractivity contribution < 1.29 is 14.2 Å². The van der Waals surface area contributed by atoms with Crippen molar-refractivity contribution in [2.45, 2.75) is 77.0 Å². The summed E-state index contributed by atoms with van der Waals surface area (Å²) in [6.45, 7) is 4.47. The largest absolute Gasteiger partial charge is 0.378 e. The third-order valence-electron chi connectivity index (χ3n) is 7.73. The summed E-state index contributed by atoms with van der Waals surface area (Å²) in [5.41, 5.74) is 51.4. The Labute approximate surface area is 274 Å². The van der Waals surface area contributed by atoms with Gasteiger partial charge >= 0.3 is 0 Å². The zero-order valence-corrected chi connectivity index (χ0v) is 27.2. The van der Waals surface area contributed by atoms with Crippen molar-refractivity contribution in [3.8, 4) is 0 Å². The highest BCUT2D eigenvalue weighted by Crippen LogP contribution is 2.37.